The van der Waals surface area contributed by atoms with Crippen molar-refractivity contribution < 1.29 is 14.3 Å². The quantitative estimate of drug-likeness (QED) is 0.537. The van der Waals surface area contributed by atoms with E-state index in [4.69, 9.17) is 16.3 Å². The van der Waals surface area contributed by atoms with Crippen molar-refractivity contribution in [1.29, 1.82) is 0 Å². The van der Waals surface area contributed by atoms with Crippen LogP contribution in [0.3, 0.4) is 0 Å². The van der Waals surface area contributed by atoms with Crippen molar-refractivity contribution in [2.75, 3.05) is 6.61 Å². The standard InChI is InChI=1S/C16H12ClNO3S/c1-18-8-11(10-4-2-3-5-12(10)18)16(20)21-9-13(19)14-6-7-15(17)22-14/h2-8H,9H2,1H3. The van der Waals surface area contributed by atoms with Crippen LogP contribution in [-0.2, 0) is 11.8 Å². The molecule has 0 aliphatic rings. The first-order valence-electron chi connectivity index (χ1n) is 6.56. The molecule has 3 aromatic rings. The van der Waals surface area contributed by atoms with E-state index in [0.29, 0.717) is 14.8 Å². The number of carbonyl (C=O) groups excluding carboxylic acids is 2. The topological polar surface area (TPSA) is 48.3 Å². The first-order chi connectivity index (χ1) is 10.6. The van der Waals surface area contributed by atoms with Crippen LogP contribution in [0.15, 0.2) is 42.6 Å². The zero-order valence-corrected chi connectivity index (χ0v) is 13.3. The lowest BCUT2D eigenvalue weighted by Gasteiger charge is -2.02. The van der Waals surface area contributed by atoms with Gasteiger partial charge in [0.15, 0.2) is 6.61 Å². The molecule has 0 spiro atoms. The van der Waals surface area contributed by atoms with E-state index < -0.39 is 5.97 Å². The van der Waals surface area contributed by atoms with Crippen LogP contribution < -0.4 is 0 Å². The molecule has 22 heavy (non-hydrogen) atoms. The van der Waals surface area contributed by atoms with Crippen molar-refractivity contribution in [3.05, 3.63) is 57.4 Å². The summed E-state index contributed by atoms with van der Waals surface area (Å²) >= 11 is 6.96. The summed E-state index contributed by atoms with van der Waals surface area (Å²) in [4.78, 5) is 24.6. The van der Waals surface area contributed by atoms with Gasteiger partial charge in [-0.05, 0) is 18.2 Å². The number of esters is 1. The molecule has 112 valence electrons. The van der Waals surface area contributed by atoms with Crippen LogP contribution in [0.2, 0.25) is 4.34 Å². The van der Waals surface area contributed by atoms with Gasteiger partial charge in [-0.1, -0.05) is 29.8 Å². The molecule has 1 aromatic carbocycles. The molecule has 2 heterocycles. The van der Waals surface area contributed by atoms with E-state index in [0.717, 1.165) is 10.9 Å². The number of thiophene rings is 1. The smallest absolute Gasteiger partial charge is 0.340 e. The normalized spacial score (nSPS) is 10.8. The monoisotopic (exact) mass is 333 g/mol. The number of hydrogen-bond acceptors (Lipinski definition) is 4. The predicted molar refractivity (Wildman–Crippen MR) is 86.9 cm³/mol. The van der Waals surface area contributed by atoms with Gasteiger partial charge in [-0.25, -0.2) is 4.79 Å². The summed E-state index contributed by atoms with van der Waals surface area (Å²) in [6.45, 7) is -0.293. The van der Waals surface area contributed by atoms with Gasteiger partial charge in [0.2, 0.25) is 5.78 Å². The lowest BCUT2D eigenvalue weighted by atomic mass is 10.2. The lowest BCUT2D eigenvalue weighted by molar-refractivity contribution is 0.0477. The highest BCUT2D eigenvalue weighted by molar-refractivity contribution is 7.18. The minimum atomic E-state index is -0.507. The number of nitrogens with zero attached hydrogens (tertiary/aromatic N) is 1. The number of benzene rings is 1. The summed E-state index contributed by atoms with van der Waals surface area (Å²) in [5.74, 6) is -0.765. The second-order valence-corrected chi connectivity index (χ2v) is 6.49. The fourth-order valence-corrected chi connectivity index (χ4v) is 3.22. The Labute approximate surface area is 135 Å². The van der Waals surface area contributed by atoms with Crippen molar-refractivity contribution in [1.82, 2.24) is 4.57 Å². The summed E-state index contributed by atoms with van der Waals surface area (Å²) in [6.07, 6.45) is 1.71. The molecule has 0 unspecified atom stereocenters. The number of fused-ring (bicyclic) bond motifs is 1. The third-order valence-corrected chi connectivity index (χ3v) is 4.57. The first kappa shape index (κ1) is 14.8. The second kappa shape index (κ2) is 5.94. The number of rotatable bonds is 4. The molecular weight excluding hydrogens is 322 g/mol. The highest BCUT2D eigenvalue weighted by Gasteiger charge is 2.17. The van der Waals surface area contributed by atoms with E-state index in [1.807, 2.05) is 35.9 Å². The van der Waals surface area contributed by atoms with Gasteiger partial charge in [0, 0.05) is 24.1 Å². The van der Waals surface area contributed by atoms with E-state index in [2.05, 4.69) is 0 Å². The Kier molecular flexibility index (Phi) is 4.00. The van der Waals surface area contributed by atoms with Gasteiger partial charge in [0.25, 0.3) is 0 Å². The fourth-order valence-electron chi connectivity index (χ4n) is 2.25. The molecule has 0 radical (unpaired) electrons. The SMILES string of the molecule is Cn1cc(C(=O)OCC(=O)c2ccc(Cl)s2)c2ccccc21. The average Bonchev–Trinajstić information content (AvgIpc) is 3.09. The number of Topliss-reactive ketones (excluding diaryl/α,β-unsaturated/α-hetero) is 1. The molecule has 0 amide bonds. The number of aromatic nitrogens is 1. The van der Waals surface area contributed by atoms with E-state index in [1.165, 1.54) is 11.3 Å². The third-order valence-electron chi connectivity index (χ3n) is 3.30. The minimum absolute atomic E-state index is 0.259. The van der Waals surface area contributed by atoms with Crippen molar-refractivity contribution in [2.24, 2.45) is 7.05 Å². The van der Waals surface area contributed by atoms with E-state index in [1.54, 1.807) is 18.3 Å². The maximum Gasteiger partial charge on any atom is 0.340 e. The Morgan fingerprint density at radius 2 is 2.00 bits per heavy atom. The lowest BCUT2D eigenvalue weighted by Crippen LogP contribution is -2.13. The maximum absolute atomic E-state index is 12.2. The molecule has 0 aliphatic carbocycles. The van der Waals surface area contributed by atoms with Crippen LogP contribution in [-0.4, -0.2) is 22.9 Å². The molecule has 6 heteroatoms. The Morgan fingerprint density at radius 3 is 2.73 bits per heavy atom. The molecule has 2 aromatic heterocycles. The van der Waals surface area contributed by atoms with Gasteiger partial charge in [0.1, 0.15) is 0 Å². The van der Waals surface area contributed by atoms with Crippen molar-refractivity contribution >= 4 is 45.6 Å². The third kappa shape index (κ3) is 2.77. The Morgan fingerprint density at radius 1 is 1.23 bits per heavy atom. The van der Waals surface area contributed by atoms with Gasteiger partial charge in [-0.15, -0.1) is 11.3 Å². The Bertz CT molecular complexity index is 865. The number of ether oxygens (including phenoxy) is 1. The van der Waals surface area contributed by atoms with E-state index in [9.17, 15) is 9.59 Å². The zero-order valence-electron chi connectivity index (χ0n) is 11.7. The molecule has 4 nitrogen and oxygen atoms in total. The summed E-state index contributed by atoms with van der Waals surface area (Å²) in [7, 11) is 1.86. The van der Waals surface area contributed by atoms with Gasteiger partial charge in [-0.2, -0.15) is 0 Å². The number of aryl methyl sites for hydroxylation is 1. The number of hydrogen-bond donors (Lipinski definition) is 0. The molecular formula is C16H12ClNO3S. The summed E-state index contributed by atoms with van der Waals surface area (Å²) < 4.78 is 7.52. The second-order valence-electron chi connectivity index (χ2n) is 4.77. The summed E-state index contributed by atoms with van der Waals surface area (Å²) in [6, 6.07) is 10.8. The fraction of sp³-hybridized carbons (Fsp3) is 0.125. The van der Waals surface area contributed by atoms with Gasteiger partial charge in [0.05, 0.1) is 14.8 Å². The van der Waals surface area contributed by atoms with Crippen LogP contribution >= 0.6 is 22.9 Å². The maximum atomic E-state index is 12.2. The van der Waals surface area contributed by atoms with Crippen molar-refractivity contribution in [3.8, 4) is 0 Å². The first-order valence-corrected chi connectivity index (χ1v) is 7.75. The summed E-state index contributed by atoms with van der Waals surface area (Å²) in [5.41, 5.74) is 1.39. The van der Waals surface area contributed by atoms with Crippen LogP contribution in [0.25, 0.3) is 10.9 Å². The highest BCUT2D eigenvalue weighted by Crippen LogP contribution is 2.23. The van der Waals surface area contributed by atoms with Crippen molar-refractivity contribution in [2.45, 2.75) is 0 Å². The Balaban J connectivity index is 1.75. The van der Waals surface area contributed by atoms with Crippen molar-refractivity contribution in [3.63, 3.8) is 0 Å². The van der Waals surface area contributed by atoms with Crippen LogP contribution in [0, 0.1) is 0 Å². The van der Waals surface area contributed by atoms with Crippen LogP contribution in [0.5, 0.6) is 0 Å². The van der Waals surface area contributed by atoms with E-state index in [-0.39, 0.29) is 12.4 Å². The van der Waals surface area contributed by atoms with Crippen LogP contribution in [0.1, 0.15) is 20.0 Å². The minimum Gasteiger partial charge on any atom is -0.454 e. The summed E-state index contributed by atoms with van der Waals surface area (Å²) in [5, 5.41) is 0.807. The molecule has 0 saturated heterocycles. The molecule has 0 saturated carbocycles. The molecule has 3 rings (SSSR count). The van der Waals surface area contributed by atoms with E-state index >= 15 is 0 Å². The van der Waals surface area contributed by atoms with Crippen LogP contribution in [0.4, 0.5) is 0 Å². The molecule has 0 atom stereocenters. The predicted octanol–water partition coefficient (Wildman–Crippen LogP) is 3.93. The van der Waals surface area contributed by atoms with Gasteiger partial charge < -0.3 is 9.30 Å². The van der Waals surface area contributed by atoms with Gasteiger partial charge >= 0.3 is 5.97 Å². The largest absolute Gasteiger partial charge is 0.454 e. The average molecular weight is 334 g/mol. The highest BCUT2D eigenvalue weighted by atomic mass is 35.5. The number of carbonyl (C=O) groups is 2. The number of para-hydroxylation sites is 1. The zero-order chi connectivity index (χ0) is 15.7. The number of halogens is 1. The molecule has 0 N–H and O–H groups in total. The molecule has 0 bridgehead atoms. The molecule has 0 fully saturated rings. The molecule has 0 aliphatic heterocycles. The number of ketones is 1. The van der Waals surface area contributed by atoms with Gasteiger partial charge in [-0.3, -0.25) is 4.79 Å². The Hall–Kier alpha value is -2.11.